The molecule has 0 aromatic heterocycles. The van der Waals surface area contributed by atoms with E-state index in [-0.39, 0.29) is 24.8 Å². The van der Waals surface area contributed by atoms with Crippen molar-refractivity contribution in [1.29, 1.82) is 0 Å². The Morgan fingerprint density at radius 1 is 0.885 bits per heavy atom. The van der Waals surface area contributed by atoms with Crippen LogP contribution in [-0.2, 0) is 28.7 Å². The first-order valence-corrected chi connectivity index (χ1v) is 18.0. The van der Waals surface area contributed by atoms with Crippen molar-refractivity contribution >= 4 is 29.4 Å². The van der Waals surface area contributed by atoms with Crippen LogP contribution in [0, 0.1) is 25.7 Å². The van der Waals surface area contributed by atoms with Crippen molar-refractivity contribution in [3.8, 4) is 0 Å². The molecule has 10 heteroatoms. The van der Waals surface area contributed by atoms with Crippen LogP contribution in [0.3, 0.4) is 0 Å². The molecule has 0 radical (unpaired) electrons. The molecule has 0 aliphatic carbocycles. The minimum Gasteiger partial charge on any atom is -0.455 e. The highest BCUT2D eigenvalue weighted by atomic mass is 16.6. The number of hydrogen-bond donors (Lipinski definition) is 1. The number of likely N-dealkylation sites (N-methyl/N-ethyl adjacent to an activating group) is 1. The number of esters is 1. The molecule has 0 unspecified atom stereocenters. The van der Waals surface area contributed by atoms with Gasteiger partial charge in [0.15, 0.2) is 0 Å². The van der Waals surface area contributed by atoms with Gasteiger partial charge in [-0.2, -0.15) is 0 Å². The van der Waals surface area contributed by atoms with Crippen molar-refractivity contribution < 1.29 is 33.8 Å². The van der Waals surface area contributed by atoms with Crippen molar-refractivity contribution in [1.82, 2.24) is 9.80 Å². The first-order chi connectivity index (χ1) is 25.1. The largest absolute Gasteiger partial charge is 0.455 e. The Balaban J connectivity index is 1.38. The number of hydrogen-bond acceptors (Lipinski definition) is 7. The molecule has 4 aliphatic rings. The highest BCUT2D eigenvalue weighted by Crippen LogP contribution is 2.55. The number of allylic oxidation sites excluding steroid dienone is 1. The van der Waals surface area contributed by atoms with Gasteiger partial charge in [0.25, 0.3) is 5.91 Å². The monoisotopic (exact) mass is 703 g/mol. The number of aliphatic hydroxyl groups excluding tert-OH is 1. The number of cyclic esters (lactones) is 1. The van der Waals surface area contributed by atoms with Gasteiger partial charge >= 0.3 is 5.97 Å². The number of rotatable bonds is 5. The molecule has 2 saturated heterocycles. The molecule has 52 heavy (non-hydrogen) atoms. The van der Waals surface area contributed by atoms with Crippen LogP contribution in [0.5, 0.6) is 0 Å². The van der Waals surface area contributed by atoms with Gasteiger partial charge in [-0.3, -0.25) is 19.2 Å². The number of likely N-dealkylation sites (tertiary alicyclic amines) is 1. The molecule has 1 N–H and O–H groups in total. The minimum absolute atomic E-state index is 0.0974. The number of amides is 3. The zero-order valence-electron chi connectivity index (χ0n) is 29.9. The van der Waals surface area contributed by atoms with Crippen LogP contribution >= 0.6 is 0 Å². The zero-order chi connectivity index (χ0) is 36.7. The van der Waals surface area contributed by atoms with E-state index in [9.17, 15) is 14.7 Å². The lowest BCUT2D eigenvalue weighted by Gasteiger charge is -2.39. The van der Waals surface area contributed by atoms with Crippen LogP contribution in [-0.4, -0.2) is 82.6 Å². The second kappa shape index (κ2) is 14.2. The summed E-state index contributed by atoms with van der Waals surface area (Å²) in [5.41, 5.74) is 2.32. The molecule has 0 bridgehead atoms. The van der Waals surface area contributed by atoms with E-state index in [1.807, 2.05) is 106 Å². The second-order valence-corrected chi connectivity index (χ2v) is 14.3. The van der Waals surface area contributed by atoms with Gasteiger partial charge in [0.1, 0.15) is 23.7 Å². The topological polar surface area (TPSA) is 117 Å². The lowest BCUT2D eigenvalue weighted by molar-refractivity contribution is -0.164. The Kier molecular flexibility index (Phi) is 9.63. The number of benzene rings is 3. The maximum atomic E-state index is 15.2. The van der Waals surface area contributed by atoms with Crippen LogP contribution in [0.1, 0.15) is 54.2 Å². The standard InChI is InChI=1S/C42H45N3O7/c1-26-15-13-16-27(2)36(26)44-24-14-23-42-35(39(48)45(38(42)40(44)49)31(25-46)29-17-7-5-8-18-29)34-32(52-42)21-11-12-22-33(47)43(4)28(3)37(51-41(34)50)30-19-9-6-10-20-30/h5-11,13-21,23,28,31-32,34-35,37-38,46H,12,22,24-25H2,1-4H3/b21-11-/t28-,31-,32-,34+,35+,37+,38-,42+/m1/s1. The van der Waals surface area contributed by atoms with Crippen molar-refractivity contribution in [3.63, 3.8) is 0 Å². The average molecular weight is 704 g/mol. The summed E-state index contributed by atoms with van der Waals surface area (Å²) in [5, 5.41) is 11.0. The Morgan fingerprint density at radius 3 is 2.23 bits per heavy atom. The zero-order valence-corrected chi connectivity index (χ0v) is 29.9. The third kappa shape index (κ3) is 5.84. The van der Waals surface area contributed by atoms with E-state index in [0.717, 1.165) is 16.8 Å². The Bertz CT molecular complexity index is 1890. The van der Waals surface area contributed by atoms with E-state index >= 15 is 9.59 Å². The molecule has 8 atom stereocenters. The van der Waals surface area contributed by atoms with Gasteiger partial charge in [-0.1, -0.05) is 103 Å². The summed E-state index contributed by atoms with van der Waals surface area (Å²) in [6.07, 6.45) is 6.01. The number of aliphatic hydroxyl groups is 1. The third-order valence-corrected chi connectivity index (χ3v) is 11.3. The molecule has 3 aromatic carbocycles. The maximum Gasteiger partial charge on any atom is 0.313 e. The fourth-order valence-corrected chi connectivity index (χ4v) is 8.62. The minimum atomic E-state index is -1.57. The van der Waals surface area contributed by atoms with Crippen molar-refractivity contribution in [2.75, 3.05) is 25.1 Å². The molecule has 7 rings (SSSR count). The number of ether oxygens (including phenoxy) is 2. The quantitative estimate of drug-likeness (QED) is 0.294. The van der Waals surface area contributed by atoms with Crippen LogP contribution in [0.2, 0.25) is 0 Å². The molecule has 1 spiro atoms. The third-order valence-electron chi connectivity index (χ3n) is 11.3. The van der Waals surface area contributed by atoms with Crippen LogP contribution < -0.4 is 4.90 Å². The fourth-order valence-electron chi connectivity index (χ4n) is 8.62. The van der Waals surface area contributed by atoms with Gasteiger partial charge < -0.3 is 29.3 Å². The highest BCUT2D eigenvalue weighted by Gasteiger charge is 2.73. The molecule has 270 valence electrons. The number of anilines is 1. The smallest absolute Gasteiger partial charge is 0.313 e. The van der Waals surface area contributed by atoms with Gasteiger partial charge in [0.2, 0.25) is 11.8 Å². The molecule has 0 saturated carbocycles. The molecule has 4 heterocycles. The van der Waals surface area contributed by atoms with Gasteiger partial charge in [-0.15, -0.1) is 0 Å². The summed E-state index contributed by atoms with van der Waals surface area (Å²) < 4.78 is 13.3. The van der Waals surface area contributed by atoms with Gasteiger partial charge in [-0.05, 0) is 49.4 Å². The van der Waals surface area contributed by atoms with Crippen LogP contribution in [0.4, 0.5) is 5.69 Å². The van der Waals surface area contributed by atoms with Crippen molar-refractivity contribution in [3.05, 3.63) is 125 Å². The fraction of sp³-hybridized carbons (Fsp3) is 0.381. The lowest BCUT2D eigenvalue weighted by atomic mass is 9.77. The number of carbonyl (C=O) groups excluding carboxylic acids is 4. The van der Waals surface area contributed by atoms with Gasteiger partial charge in [0.05, 0.1) is 30.7 Å². The summed E-state index contributed by atoms with van der Waals surface area (Å²) in [6.45, 7) is 5.49. The van der Waals surface area contributed by atoms with E-state index in [1.165, 1.54) is 4.90 Å². The summed E-state index contributed by atoms with van der Waals surface area (Å²) in [4.78, 5) is 63.1. The maximum absolute atomic E-state index is 15.2. The van der Waals surface area contributed by atoms with Crippen LogP contribution in [0.25, 0.3) is 0 Å². The first kappa shape index (κ1) is 35.3. The van der Waals surface area contributed by atoms with E-state index in [4.69, 9.17) is 9.47 Å². The molecule has 4 aliphatic heterocycles. The summed E-state index contributed by atoms with van der Waals surface area (Å²) in [5.74, 6) is -3.88. The van der Waals surface area contributed by atoms with Gasteiger partial charge in [0, 0.05) is 25.7 Å². The number of para-hydroxylation sites is 1. The lowest BCUT2D eigenvalue weighted by Crippen LogP contribution is -2.56. The molecular formula is C42H45N3O7. The second-order valence-electron chi connectivity index (χ2n) is 14.3. The Morgan fingerprint density at radius 2 is 1.56 bits per heavy atom. The molecular weight excluding hydrogens is 658 g/mol. The summed E-state index contributed by atoms with van der Waals surface area (Å²) in [7, 11) is 1.70. The predicted octanol–water partition coefficient (Wildman–Crippen LogP) is 5.00. The molecule has 3 amide bonds. The van der Waals surface area contributed by atoms with E-state index < -0.39 is 66.3 Å². The number of carbonyl (C=O) groups is 4. The predicted molar refractivity (Wildman–Crippen MR) is 195 cm³/mol. The Labute approximate surface area is 304 Å². The van der Waals surface area contributed by atoms with Crippen molar-refractivity contribution in [2.24, 2.45) is 11.8 Å². The summed E-state index contributed by atoms with van der Waals surface area (Å²) in [6, 6.07) is 21.6. The normalized spacial score (nSPS) is 30.4. The highest BCUT2D eigenvalue weighted by molar-refractivity contribution is 6.06. The SMILES string of the molecule is Cc1cccc(C)c1N1CC=C[C@]23O[C@@H]4/C=C\CCC(=O)N(C)[C@H](C)[C@@H](c5ccccc5)OC(=O)[C@@H]4[C@H]2C(=O)N([C@H](CO)c2ccccc2)[C@@H]3C1=O. The number of fused-ring (bicyclic) bond motifs is 2. The first-order valence-electron chi connectivity index (χ1n) is 18.0. The van der Waals surface area contributed by atoms with E-state index in [1.54, 1.807) is 35.1 Å². The molecule has 2 fully saturated rings. The van der Waals surface area contributed by atoms with E-state index in [0.29, 0.717) is 17.5 Å². The Hall–Kier alpha value is -5.06. The summed E-state index contributed by atoms with van der Waals surface area (Å²) >= 11 is 0. The van der Waals surface area contributed by atoms with Gasteiger partial charge in [-0.25, -0.2) is 0 Å². The number of nitrogens with zero attached hydrogens (tertiary/aromatic N) is 3. The van der Waals surface area contributed by atoms with E-state index in [2.05, 4.69) is 0 Å². The van der Waals surface area contributed by atoms with Crippen LogP contribution in [0.15, 0.2) is 103 Å². The average Bonchev–Trinajstić information content (AvgIpc) is 3.54. The number of aryl methyl sites for hydroxylation is 2. The molecule has 10 nitrogen and oxygen atoms in total. The van der Waals surface area contributed by atoms with Crippen molar-refractivity contribution in [2.45, 2.75) is 69.5 Å². The molecule has 3 aromatic rings.